The van der Waals surface area contributed by atoms with Crippen LogP contribution in [0.3, 0.4) is 0 Å². The highest BCUT2D eigenvalue weighted by Crippen LogP contribution is 2.35. The van der Waals surface area contributed by atoms with Gasteiger partial charge < -0.3 is 10.1 Å². The van der Waals surface area contributed by atoms with E-state index >= 15 is 0 Å². The standard InChI is InChI=1S/C27H37N5O/c1-18-7-9-24(10-8-18)27(11-13-33-14-12-27)17-28-26-15-25(29-23(6)30-26)19(2)16-32-22(5)20(3)21(4)31-32/h7-10,15,19H,11-14,16-17H2,1-6H3,(H,28,29,30)/t19-/m1/s1. The fourth-order valence-electron chi connectivity index (χ4n) is 4.75. The van der Waals surface area contributed by atoms with Gasteiger partial charge in [-0.1, -0.05) is 36.8 Å². The first-order chi connectivity index (χ1) is 15.8. The van der Waals surface area contributed by atoms with Crippen molar-refractivity contribution in [2.45, 2.75) is 72.3 Å². The molecule has 1 aromatic carbocycles. The zero-order valence-corrected chi connectivity index (χ0v) is 20.9. The highest BCUT2D eigenvalue weighted by Gasteiger charge is 2.34. The second-order valence-electron chi connectivity index (χ2n) is 9.72. The van der Waals surface area contributed by atoms with Crippen LogP contribution in [-0.4, -0.2) is 39.5 Å². The van der Waals surface area contributed by atoms with Gasteiger partial charge in [-0.3, -0.25) is 4.68 Å². The van der Waals surface area contributed by atoms with Gasteiger partial charge in [0.25, 0.3) is 0 Å². The average molecular weight is 448 g/mol. The SMILES string of the molecule is Cc1ccc(C2(CNc3cc([C@H](C)Cn4nc(C)c(C)c4C)nc(C)n3)CCOCC2)cc1. The molecule has 6 heteroatoms. The summed E-state index contributed by atoms with van der Waals surface area (Å²) in [6.07, 6.45) is 2.02. The minimum atomic E-state index is 0.0534. The first-order valence-electron chi connectivity index (χ1n) is 12.0. The number of hydrogen-bond acceptors (Lipinski definition) is 5. The van der Waals surface area contributed by atoms with Crippen LogP contribution in [0.5, 0.6) is 0 Å². The summed E-state index contributed by atoms with van der Waals surface area (Å²) in [7, 11) is 0. The summed E-state index contributed by atoms with van der Waals surface area (Å²) >= 11 is 0. The van der Waals surface area contributed by atoms with E-state index in [0.29, 0.717) is 0 Å². The van der Waals surface area contributed by atoms with Crippen molar-refractivity contribution in [1.82, 2.24) is 19.7 Å². The third-order valence-corrected chi connectivity index (χ3v) is 7.27. The first kappa shape index (κ1) is 23.4. The molecule has 1 fully saturated rings. The Bertz CT molecular complexity index is 1100. The van der Waals surface area contributed by atoms with Gasteiger partial charge in [0, 0.05) is 49.4 Å². The lowest BCUT2D eigenvalue weighted by atomic mass is 9.74. The number of nitrogens with one attached hydrogen (secondary N) is 1. The molecule has 176 valence electrons. The summed E-state index contributed by atoms with van der Waals surface area (Å²) in [4.78, 5) is 9.46. The molecule has 6 nitrogen and oxygen atoms in total. The van der Waals surface area contributed by atoms with Crippen molar-refractivity contribution in [2.24, 2.45) is 0 Å². The highest BCUT2D eigenvalue weighted by atomic mass is 16.5. The number of benzene rings is 1. The van der Waals surface area contributed by atoms with Gasteiger partial charge in [0.05, 0.1) is 11.4 Å². The third kappa shape index (κ3) is 5.11. The molecule has 2 aromatic heterocycles. The Morgan fingerprint density at radius 2 is 1.73 bits per heavy atom. The minimum Gasteiger partial charge on any atom is -0.381 e. The molecule has 1 aliphatic rings. The van der Waals surface area contributed by atoms with Crippen LogP contribution < -0.4 is 5.32 Å². The molecule has 0 radical (unpaired) electrons. The van der Waals surface area contributed by atoms with Crippen molar-refractivity contribution in [2.75, 3.05) is 25.1 Å². The first-order valence-corrected chi connectivity index (χ1v) is 12.0. The number of aryl methyl sites for hydroxylation is 3. The Kier molecular flexibility index (Phi) is 6.84. The van der Waals surface area contributed by atoms with Gasteiger partial charge in [-0.2, -0.15) is 5.10 Å². The van der Waals surface area contributed by atoms with Gasteiger partial charge in [-0.05, 0) is 58.6 Å². The van der Waals surface area contributed by atoms with E-state index in [2.05, 4.69) is 74.9 Å². The summed E-state index contributed by atoms with van der Waals surface area (Å²) in [6.45, 7) is 15.9. The molecule has 0 saturated carbocycles. The number of ether oxygens (including phenoxy) is 1. The van der Waals surface area contributed by atoms with E-state index < -0.39 is 0 Å². The summed E-state index contributed by atoms with van der Waals surface area (Å²) in [5.74, 6) is 1.92. The molecule has 0 aliphatic carbocycles. The molecule has 1 aliphatic heterocycles. The number of aromatic nitrogens is 4. The Hall–Kier alpha value is -2.73. The van der Waals surface area contributed by atoms with E-state index in [-0.39, 0.29) is 11.3 Å². The van der Waals surface area contributed by atoms with Gasteiger partial charge in [0.2, 0.25) is 0 Å². The predicted molar refractivity (Wildman–Crippen MR) is 133 cm³/mol. The molecule has 0 amide bonds. The lowest BCUT2D eigenvalue weighted by Gasteiger charge is -2.38. The van der Waals surface area contributed by atoms with Crippen LogP contribution in [0.25, 0.3) is 0 Å². The molecule has 0 bridgehead atoms. The number of rotatable bonds is 7. The molecular weight excluding hydrogens is 410 g/mol. The van der Waals surface area contributed by atoms with Crippen molar-refractivity contribution in [3.63, 3.8) is 0 Å². The molecule has 3 aromatic rings. The van der Waals surface area contributed by atoms with Crippen molar-refractivity contribution in [3.8, 4) is 0 Å². The van der Waals surface area contributed by atoms with Gasteiger partial charge >= 0.3 is 0 Å². The van der Waals surface area contributed by atoms with E-state index in [9.17, 15) is 0 Å². The maximum atomic E-state index is 5.71. The maximum Gasteiger partial charge on any atom is 0.129 e. The van der Waals surface area contributed by atoms with Crippen LogP contribution in [0.1, 0.15) is 65.3 Å². The lowest BCUT2D eigenvalue weighted by Crippen LogP contribution is -2.40. The molecular formula is C27H37N5O. The Morgan fingerprint density at radius 1 is 1.03 bits per heavy atom. The van der Waals surface area contributed by atoms with Gasteiger partial charge in [0.1, 0.15) is 11.6 Å². The Labute approximate surface area is 197 Å². The summed E-state index contributed by atoms with van der Waals surface area (Å²) < 4.78 is 7.81. The van der Waals surface area contributed by atoms with E-state index in [0.717, 1.165) is 62.2 Å². The number of anilines is 1. The molecule has 33 heavy (non-hydrogen) atoms. The van der Waals surface area contributed by atoms with E-state index in [1.807, 2.05) is 6.92 Å². The van der Waals surface area contributed by atoms with Crippen molar-refractivity contribution < 1.29 is 4.74 Å². The maximum absolute atomic E-state index is 5.71. The van der Waals surface area contributed by atoms with Crippen LogP contribution in [0.4, 0.5) is 5.82 Å². The van der Waals surface area contributed by atoms with Crippen molar-refractivity contribution >= 4 is 5.82 Å². The molecule has 1 saturated heterocycles. The Morgan fingerprint density at radius 3 is 2.36 bits per heavy atom. The number of nitrogens with zero attached hydrogens (tertiary/aromatic N) is 4. The largest absolute Gasteiger partial charge is 0.381 e. The number of hydrogen-bond donors (Lipinski definition) is 1. The zero-order chi connectivity index (χ0) is 23.6. The average Bonchev–Trinajstić information content (AvgIpc) is 3.05. The van der Waals surface area contributed by atoms with E-state index in [4.69, 9.17) is 19.8 Å². The smallest absolute Gasteiger partial charge is 0.129 e. The van der Waals surface area contributed by atoms with Crippen LogP contribution in [0.15, 0.2) is 30.3 Å². The zero-order valence-electron chi connectivity index (χ0n) is 20.9. The van der Waals surface area contributed by atoms with Gasteiger partial charge in [0.15, 0.2) is 0 Å². The van der Waals surface area contributed by atoms with Crippen LogP contribution in [0, 0.1) is 34.6 Å². The highest BCUT2D eigenvalue weighted by molar-refractivity contribution is 5.40. The quantitative estimate of drug-likeness (QED) is 0.541. The molecule has 0 unspecified atom stereocenters. The van der Waals surface area contributed by atoms with Gasteiger partial charge in [-0.15, -0.1) is 0 Å². The Balaban J connectivity index is 1.53. The summed E-state index contributed by atoms with van der Waals surface area (Å²) in [5.41, 5.74) is 7.35. The van der Waals surface area contributed by atoms with Crippen LogP contribution in [0.2, 0.25) is 0 Å². The summed E-state index contributed by atoms with van der Waals surface area (Å²) in [6, 6.07) is 11.1. The lowest BCUT2D eigenvalue weighted by molar-refractivity contribution is 0.0543. The monoisotopic (exact) mass is 447 g/mol. The fraction of sp³-hybridized carbons (Fsp3) is 0.519. The minimum absolute atomic E-state index is 0.0534. The van der Waals surface area contributed by atoms with Crippen LogP contribution in [-0.2, 0) is 16.7 Å². The third-order valence-electron chi connectivity index (χ3n) is 7.27. The normalized spacial score (nSPS) is 16.5. The molecule has 1 atom stereocenters. The van der Waals surface area contributed by atoms with Crippen molar-refractivity contribution in [1.29, 1.82) is 0 Å². The van der Waals surface area contributed by atoms with E-state index in [1.54, 1.807) is 0 Å². The topological polar surface area (TPSA) is 64.9 Å². The predicted octanol–water partition coefficient (Wildman–Crippen LogP) is 5.18. The van der Waals surface area contributed by atoms with Crippen LogP contribution >= 0.6 is 0 Å². The fourth-order valence-corrected chi connectivity index (χ4v) is 4.75. The second kappa shape index (κ2) is 9.64. The van der Waals surface area contributed by atoms with E-state index in [1.165, 1.54) is 22.4 Å². The molecule has 4 rings (SSSR count). The van der Waals surface area contributed by atoms with Crippen molar-refractivity contribution in [3.05, 3.63) is 69.9 Å². The molecule has 3 heterocycles. The summed E-state index contributed by atoms with van der Waals surface area (Å²) in [5, 5.41) is 8.38. The molecule has 1 N–H and O–H groups in total. The van der Waals surface area contributed by atoms with Gasteiger partial charge in [-0.25, -0.2) is 9.97 Å². The molecule has 0 spiro atoms. The second-order valence-corrected chi connectivity index (χ2v) is 9.72.